The minimum atomic E-state index is -0.469. The number of benzene rings is 1. The van der Waals surface area contributed by atoms with Crippen molar-refractivity contribution in [2.75, 3.05) is 34.5 Å². The first kappa shape index (κ1) is 17.4. The van der Waals surface area contributed by atoms with E-state index in [1.165, 1.54) is 7.11 Å². The highest BCUT2D eigenvalue weighted by Gasteiger charge is 2.14. The van der Waals surface area contributed by atoms with Gasteiger partial charge in [0.05, 0.1) is 30.9 Å². The van der Waals surface area contributed by atoms with E-state index in [2.05, 4.69) is 0 Å². The highest BCUT2D eigenvalue weighted by Crippen LogP contribution is 2.26. The van der Waals surface area contributed by atoms with E-state index in [-0.39, 0.29) is 0 Å². The van der Waals surface area contributed by atoms with Crippen molar-refractivity contribution in [3.8, 4) is 0 Å². The van der Waals surface area contributed by atoms with Crippen LogP contribution in [0.4, 0.5) is 0 Å². The third kappa shape index (κ3) is 5.34. The van der Waals surface area contributed by atoms with Gasteiger partial charge < -0.3 is 14.2 Å². The van der Waals surface area contributed by atoms with E-state index >= 15 is 0 Å². The van der Waals surface area contributed by atoms with Gasteiger partial charge in [0.1, 0.15) is 0 Å². The Morgan fingerprint density at radius 3 is 2.29 bits per heavy atom. The zero-order chi connectivity index (χ0) is 15.7. The van der Waals surface area contributed by atoms with Crippen molar-refractivity contribution in [2.24, 2.45) is 0 Å². The number of ether oxygens (including phenoxy) is 3. The molecule has 0 radical (unpaired) electrons. The minimum Gasteiger partial charge on any atom is -0.465 e. The number of carbonyl (C=O) groups excluding carboxylic acids is 1. The van der Waals surface area contributed by atoms with Crippen molar-refractivity contribution in [3.05, 3.63) is 46.0 Å². The molecular weight excluding hydrogens is 292 g/mol. The van der Waals surface area contributed by atoms with Crippen LogP contribution < -0.4 is 0 Å². The molecule has 0 fully saturated rings. The predicted molar refractivity (Wildman–Crippen MR) is 84.6 cm³/mol. The van der Waals surface area contributed by atoms with Crippen molar-refractivity contribution in [2.45, 2.75) is 0 Å². The second-order valence-corrected chi connectivity index (χ2v) is 4.56. The highest BCUT2D eigenvalue weighted by molar-refractivity contribution is 6.35. The Morgan fingerprint density at radius 1 is 1.10 bits per heavy atom. The lowest BCUT2D eigenvalue weighted by Gasteiger charge is -2.08. The van der Waals surface area contributed by atoms with E-state index < -0.39 is 5.97 Å². The van der Waals surface area contributed by atoms with E-state index in [1.807, 2.05) is 30.4 Å². The summed E-state index contributed by atoms with van der Waals surface area (Å²) in [5.41, 5.74) is 1.90. The molecule has 0 atom stereocenters. The quantitative estimate of drug-likeness (QED) is 0.724. The Bertz CT molecular complexity index is 535. The molecule has 1 rings (SSSR count). The van der Waals surface area contributed by atoms with Gasteiger partial charge in [-0.15, -0.1) is 0 Å². The summed E-state index contributed by atoms with van der Waals surface area (Å²) in [6.45, 7) is 0.957. The van der Waals surface area contributed by atoms with Gasteiger partial charge >= 0.3 is 5.97 Å². The van der Waals surface area contributed by atoms with E-state index in [1.54, 1.807) is 20.3 Å². The van der Waals surface area contributed by atoms with Crippen LogP contribution >= 0.6 is 11.6 Å². The smallest absolute Gasteiger partial charge is 0.339 e. The third-order valence-electron chi connectivity index (χ3n) is 2.66. The summed E-state index contributed by atoms with van der Waals surface area (Å²) in [7, 11) is 4.55. The topological polar surface area (TPSA) is 44.8 Å². The number of hydrogen-bond donors (Lipinski definition) is 0. The van der Waals surface area contributed by atoms with Gasteiger partial charge in [-0.1, -0.05) is 35.9 Å². The van der Waals surface area contributed by atoms with Crippen LogP contribution in [0.3, 0.4) is 0 Å². The normalized spacial score (nSPS) is 11.4. The number of hydrogen-bond acceptors (Lipinski definition) is 4. The van der Waals surface area contributed by atoms with E-state index in [4.69, 9.17) is 25.8 Å². The molecule has 0 unspecified atom stereocenters. The number of methoxy groups -OCH3 is 3. The Hall–Kier alpha value is -1.62. The van der Waals surface area contributed by atoms with Gasteiger partial charge in [-0.05, 0) is 23.3 Å². The molecule has 0 heterocycles. The molecule has 0 bridgehead atoms. The predicted octanol–water partition coefficient (Wildman–Crippen LogP) is 3.45. The Kier molecular flexibility index (Phi) is 7.75. The first-order valence-corrected chi connectivity index (χ1v) is 6.74. The third-order valence-corrected chi connectivity index (χ3v) is 3.08. The molecule has 21 heavy (non-hydrogen) atoms. The van der Waals surface area contributed by atoms with E-state index in [0.717, 1.165) is 11.1 Å². The van der Waals surface area contributed by atoms with Crippen LogP contribution in [0.1, 0.15) is 21.5 Å². The molecule has 0 amide bonds. The number of rotatable bonds is 7. The van der Waals surface area contributed by atoms with E-state index in [9.17, 15) is 4.79 Å². The van der Waals surface area contributed by atoms with E-state index in [0.29, 0.717) is 23.8 Å². The van der Waals surface area contributed by atoms with Crippen molar-refractivity contribution in [1.29, 1.82) is 0 Å². The van der Waals surface area contributed by atoms with Crippen LogP contribution in [0.5, 0.6) is 0 Å². The number of esters is 1. The molecule has 114 valence electrons. The fourth-order valence-corrected chi connectivity index (χ4v) is 1.95. The maximum atomic E-state index is 11.8. The standard InChI is InChI=1S/C16H19ClO4/c1-19-8-4-6-12-10-13(7-5-9-20-2)15(17)14(11-12)16(18)21-3/h4-7,10-11H,8-9H2,1-3H3/b6-4+,7-5+. The number of halogens is 1. The SMILES string of the molecule is COC/C=C/c1cc(/C=C/COC)c(Cl)c(C(=O)OC)c1. The van der Waals surface area contributed by atoms with Crippen LogP contribution in [-0.2, 0) is 14.2 Å². The van der Waals surface area contributed by atoms with Gasteiger partial charge in [-0.25, -0.2) is 4.79 Å². The molecule has 1 aromatic rings. The molecule has 0 saturated carbocycles. The van der Waals surface area contributed by atoms with Gasteiger partial charge in [0.2, 0.25) is 0 Å². The molecule has 0 aliphatic heterocycles. The fraction of sp³-hybridized carbons (Fsp3) is 0.312. The van der Waals surface area contributed by atoms with Gasteiger partial charge in [-0.2, -0.15) is 0 Å². The van der Waals surface area contributed by atoms with Gasteiger partial charge in [-0.3, -0.25) is 0 Å². The largest absolute Gasteiger partial charge is 0.465 e. The fourth-order valence-electron chi connectivity index (χ4n) is 1.70. The molecule has 4 nitrogen and oxygen atoms in total. The number of carbonyl (C=O) groups is 1. The highest BCUT2D eigenvalue weighted by atomic mass is 35.5. The molecule has 1 aromatic carbocycles. The molecule has 0 saturated heterocycles. The van der Waals surface area contributed by atoms with Crippen molar-refractivity contribution < 1.29 is 19.0 Å². The first-order valence-electron chi connectivity index (χ1n) is 6.36. The lowest BCUT2D eigenvalue weighted by Crippen LogP contribution is -2.03. The van der Waals surface area contributed by atoms with Crippen molar-refractivity contribution in [3.63, 3.8) is 0 Å². The minimum absolute atomic E-state index is 0.329. The van der Waals surface area contributed by atoms with Crippen LogP contribution in [0.15, 0.2) is 24.3 Å². The maximum Gasteiger partial charge on any atom is 0.339 e. The summed E-state index contributed by atoms with van der Waals surface area (Å²) in [4.78, 5) is 11.8. The average molecular weight is 311 g/mol. The molecule has 0 aromatic heterocycles. The van der Waals surface area contributed by atoms with Gasteiger partial charge in [0.25, 0.3) is 0 Å². The van der Waals surface area contributed by atoms with Crippen LogP contribution in [-0.4, -0.2) is 40.5 Å². The Labute approximate surface area is 130 Å². The zero-order valence-corrected chi connectivity index (χ0v) is 13.1. The monoisotopic (exact) mass is 310 g/mol. The van der Waals surface area contributed by atoms with Crippen molar-refractivity contribution >= 4 is 29.7 Å². The average Bonchev–Trinajstić information content (AvgIpc) is 2.49. The van der Waals surface area contributed by atoms with Crippen LogP contribution in [0.2, 0.25) is 5.02 Å². The summed E-state index contributed by atoms with van der Waals surface area (Å²) in [6.07, 6.45) is 7.35. The second-order valence-electron chi connectivity index (χ2n) is 4.18. The summed E-state index contributed by atoms with van der Waals surface area (Å²) in [6, 6.07) is 3.57. The molecule has 0 spiro atoms. The first-order chi connectivity index (χ1) is 10.1. The summed E-state index contributed by atoms with van der Waals surface area (Å²) in [5.74, 6) is -0.469. The summed E-state index contributed by atoms with van der Waals surface area (Å²) in [5, 5.41) is 0.359. The molecule has 0 N–H and O–H groups in total. The van der Waals surface area contributed by atoms with Gasteiger partial charge in [0.15, 0.2) is 0 Å². The van der Waals surface area contributed by atoms with Crippen LogP contribution in [0, 0.1) is 0 Å². The molecule has 0 aliphatic carbocycles. The van der Waals surface area contributed by atoms with Crippen molar-refractivity contribution in [1.82, 2.24) is 0 Å². The summed E-state index contributed by atoms with van der Waals surface area (Å²) >= 11 is 6.25. The summed E-state index contributed by atoms with van der Waals surface area (Å²) < 4.78 is 14.7. The van der Waals surface area contributed by atoms with Crippen LogP contribution in [0.25, 0.3) is 12.2 Å². The lowest BCUT2D eigenvalue weighted by atomic mass is 10.0. The second kappa shape index (κ2) is 9.34. The molecule has 0 aliphatic rings. The zero-order valence-electron chi connectivity index (χ0n) is 12.4. The maximum absolute atomic E-state index is 11.8. The Balaban J connectivity index is 3.21. The van der Waals surface area contributed by atoms with Gasteiger partial charge in [0, 0.05) is 14.2 Å². The Morgan fingerprint density at radius 2 is 1.71 bits per heavy atom. The lowest BCUT2D eigenvalue weighted by molar-refractivity contribution is 0.0601. The molecular formula is C16H19ClO4. The molecule has 5 heteroatoms.